The Morgan fingerprint density at radius 2 is 1.31 bits per heavy atom. The van der Waals surface area contributed by atoms with E-state index in [1.165, 1.54) is 0 Å². The number of hydrogen-bond donors (Lipinski definition) is 1. The minimum absolute atomic E-state index is 0.165. The third-order valence-electron chi connectivity index (χ3n) is 7.42. The lowest BCUT2D eigenvalue weighted by atomic mass is 9.99. The number of hydrogen-bond acceptors (Lipinski definition) is 4. The maximum Gasteiger partial charge on any atom is 0.149 e. The summed E-state index contributed by atoms with van der Waals surface area (Å²) < 4.78 is 2.14. The predicted octanol–water partition coefficient (Wildman–Crippen LogP) is 8.67. The van der Waals surface area contributed by atoms with E-state index in [9.17, 15) is 10.4 Å². The number of nitriles is 1. The second kappa shape index (κ2) is 10.5. The van der Waals surface area contributed by atoms with Gasteiger partial charge in [0, 0.05) is 22.9 Å². The Bertz CT molecular complexity index is 2120. The number of phenolic OH excluding ortho intramolecular Hbond substituents is 1. The number of pyridine rings is 1. The molecule has 5 nitrogen and oxygen atoms in total. The van der Waals surface area contributed by atoms with Crippen LogP contribution in [0.5, 0.6) is 5.75 Å². The van der Waals surface area contributed by atoms with Crippen LogP contribution in [0.15, 0.2) is 140 Å². The molecule has 42 heavy (non-hydrogen) atoms. The Hall–Kier alpha value is -5.99. The first-order valence-electron chi connectivity index (χ1n) is 13.6. The number of nitrogens with zero attached hydrogens (tertiary/aromatic N) is 4. The van der Waals surface area contributed by atoms with Crippen molar-refractivity contribution in [3.63, 3.8) is 0 Å². The molecular weight excluding hydrogens is 516 g/mol. The number of benzene rings is 5. The molecule has 0 spiro atoms. The normalized spacial score (nSPS) is 10.9. The van der Waals surface area contributed by atoms with Crippen LogP contribution in [0.3, 0.4) is 0 Å². The molecule has 0 saturated heterocycles. The molecule has 0 amide bonds. The fraction of sp³-hybridized carbons (Fsp3) is 0. The van der Waals surface area contributed by atoms with E-state index in [1.807, 2.05) is 66.7 Å². The molecule has 7 rings (SSSR count). The van der Waals surface area contributed by atoms with Crippen LogP contribution in [0.1, 0.15) is 5.56 Å². The van der Waals surface area contributed by atoms with Gasteiger partial charge in [0.25, 0.3) is 0 Å². The second-order valence-corrected chi connectivity index (χ2v) is 9.97. The first-order chi connectivity index (χ1) is 20.7. The number of aromatic hydroxyl groups is 1. The quantitative estimate of drug-likeness (QED) is 0.237. The summed E-state index contributed by atoms with van der Waals surface area (Å²) >= 11 is 0. The van der Waals surface area contributed by atoms with Gasteiger partial charge in [0.05, 0.1) is 39.6 Å². The summed E-state index contributed by atoms with van der Waals surface area (Å²) in [4.78, 5) is 9.71. The topological polar surface area (TPSA) is 74.7 Å². The van der Waals surface area contributed by atoms with Crippen LogP contribution in [-0.2, 0) is 0 Å². The molecule has 0 saturated carbocycles. The summed E-state index contributed by atoms with van der Waals surface area (Å²) in [6.45, 7) is 0. The molecule has 2 aromatic heterocycles. The van der Waals surface area contributed by atoms with Gasteiger partial charge in [0.1, 0.15) is 11.6 Å². The summed E-state index contributed by atoms with van der Waals surface area (Å²) in [5.74, 6) is 0.816. The molecule has 0 aliphatic carbocycles. The van der Waals surface area contributed by atoms with Crippen LogP contribution in [-0.4, -0.2) is 19.6 Å². The Balaban J connectivity index is 1.49. The van der Waals surface area contributed by atoms with E-state index in [4.69, 9.17) is 4.98 Å². The fourth-order valence-electron chi connectivity index (χ4n) is 5.45. The number of para-hydroxylation sites is 3. The molecule has 5 heteroatoms. The van der Waals surface area contributed by atoms with Crippen molar-refractivity contribution in [2.24, 2.45) is 0 Å². The molecule has 0 radical (unpaired) electrons. The van der Waals surface area contributed by atoms with Gasteiger partial charge in [0.15, 0.2) is 0 Å². The molecule has 7 aromatic rings. The molecule has 5 aromatic carbocycles. The van der Waals surface area contributed by atoms with Gasteiger partial charge >= 0.3 is 0 Å². The number of fused-ring (bicyclic) bond motifs is 1. The molecule has 0 aliphatic rings. The lowest BCUT2D eigenvalue weighted by Gasteiger charge is -2.15. The highest BCUT2D eigenvalue weighted by Crippen LogP contribution is 2.40. The van der Waals surface area contributed by atoms with Gasteiger partial charge in [-0.1, -0.05) is 91.0 Å². The lowest BCUT2D eigenvalue weighted by molar-refractivity contribution is 0.477. The predicted molar refractivity (Wildman–Crippen MR) is 167 cm³/mol. The monoisotopic (exact) mass is 540 g/mol. The van der Waals surface area contributed by atoms with Gasteiger partial charge in [0.2, 0.25) is 0 Å². The summed E-state index contributed by atoms with van der Waals surface area (Å²) in [5.41, 5.74) is 9.65. The van der Waals surface area contributed by atoms with Gasteiger partial charge in [-0.25, -0.2) is 4.98 Å². The van der Waals surface area contributed by atoms with E-state index in [2.05, 4.69) is 64.2 Å². The second-order valence-electron chi connectivity index (χ2n) is 9.97. The van der Waals surface area contributed by atoms with Gasteiger partial charge in [-0.3, -0.25) is 9.55 Å². The number of aromatic nitrogens is 3. The molecule has 2 heterocycles. The molecule has 0 atom stereocenters. The van der Waals surface area contributed by atoms with Crippen molar-refractivity contribution < 1.29 is 5.11 Å². The molecule has 198 valence electrons. The van der Waals surface area contributed by atoms with E-state index in [0.717, 1.165) is 50.2 Å². The first kappa shape index (κ1) is 25.0. The lowest BCUT2D eigenvalue weighted by Crippen LogP contribution is -2.00. The Morgan fingerprint density at radius 1 is 0.619 bits per heavy atom. The minimum atomic E-state index is 0.165. The zero-order chi connectivity index (χ0) is 28.5. The van der Waals surface area contributed by atoms with Gasteiger partial charge in [-0.05, 0) is 53.6 Å². The standard InChI is InChI=1S/C37H24N4O/c38-24-25-20-21-39-32(22-25)28-13-8-12-27(23-28)30-16-9-18-34-36(30)40-37(31-15-5-7-19-35(31)42)41(34)33-17-6-4-14-29(33)26-10-2-1-3-11-26/h1-23,42H. The van der Waals surface area contributed by atoms with Gasteiger partial charge < -0.3 is 5.11 Å². The summed E-state index contributed by atoms with van der Waals surface area (Å²) in [7, 11) is 0. The third-order valence-corrected chi connectivity index (χ3v) is 7.42. The van der Waals surface area contributed by atoms with Crippen molar-refractivity contribution in [3.8, 4) is 62.4 Å². The van der Waals surface area contributed by atoms with E-state index in [1.54, 1.807) is 24.4 Å². The fourth-order valence-corrected chi connectivity index (χ4v) is 5.45. The van der Waals surface area contributed by atoms with Crippen molar-refractivity contribution in [2.75, 3.05) is 0 Å². The molecule has 0 unspecified atom stereocenters. The number of phenols is 1. The Morgan fingerprint density at radius 3 is 2.14 bits per heavy atom. The van der Waals surface area contributed by atoms with E-state index >= 15 is 0 Å². The molecular formula is C37H24N4O. The number of rotatable bonds is 5. The third kappa shape index (κ3) is 4.38. The van der Waals surface area contributed by atoms with Crippen LogP contribution in [0.4, 0.5) is 0 Å². The van der Waals surface area contributed by atoms with Crippen LogP contribution >= 0.6 is 0 Å². The molecule has 0 bridgehead atoms. The van der Waals surface area contributed by atoms with Crippen molar-refractivity contribution in [2.45, 2.75) is 0 Å². The minimum Gasteiger partial charge on any atom is -0.507 e. The number of imidazole rings is 1. The molecule has 0 fully saturated rings. The zero-order valence-corrected chi connectivity index (χ0v) is 22.5. The van der Waals surface area contributed by atoms with E-state index in [0.29, 0.717) is 17.0 Å². The van der Waals surface area contributed by atoms with Crippen LogP contribution in [0, 0.1) is 11.3 Å². The zero-order valence-electron chi connectivity index (χ0n) is 22.5. The molecule has 0 aliphatic heterocycles. The van der Waals surface area contributed by atoms with Gasteiger partial charge in [-0.2, -0.15) is 5.26 Å². The van der Waals surface area contributed by atoms with Crippen LogP contribution in [0.2, 0.25) is 0 Å². The summed E-state index contributed by atoms with van der Waals surface area (Å²) in [6.07, 6.45) is 1.66. The van der Waals surface area contributed by atoms with Gasteiger partial charge in [-0.15, -0.1) is 0 Å². The SMILES string of the molecule is N#Cc1ccnc(-c2cccc(-c3cccc4c3nc(-c3ccccc3O)n4-c3ccccc3-c3ccccc3)c2)c1. The van der Waals surface area contributed by atoms with E-state index in [-0.39, 0.29) is 5.75 Å². The van der Waals surface area contributed by atoms with Crippen molar-refractivity contribution in [1.82, 2.24) is 14.5 Å². The highest BCUT2D eigenvalue weighted by Gasteiger charge is 2.21. The largest absolute Gasteiger partial charge is 0.507 e. The van der Waals surface area contributed by atoms with E-state index < -0.39 is 0 Å². The molecule has 1 N–H and O–H groups in total. The van der Waals surface area contributed by atoms with Crippen molar-refractivity contribution in [1.29, 1.82) is 5.26 Å². The van der Waals surface area contributed by atoms with Crippen molar-refractivity contribution >= 4 is 11.0 Å². The smallest absolute Gasteiger partial charge is 0.149 e. The van der Waals surface area contributed by atoms with Crippen LogP contribution < -0.4 is 0 Å². The van der Waals surface area contributed by atoms with Crippen LogP contribution in [0.25, 0.3) is 61.6 Å². The first-order valence-corrected chi connectivity index (χ1v) is 13.6. The summed E-state index contributed by atoms with van der Waals surface area (Å²) in [6, 6.07) is 45.9. The Labute approximate surface area is 243 Å². The average Bonchev–Trinajstić information content (AvgIpc) is 3.45. The Kier molecular flexibility index (Phi) is 6.27. The highest BCUT2D eigenvalue weighted by molar-refractivity contribution is 5.97. The maximum atomic E-state index is 11.0. The summed E-state index contributed by atoms with van der Waals surface area (Å²) in [5, 5.41) is 20.3. The average molecular weight is 541 g/mol. The maximum absolute atomic E-state index is 11.0. The van der Waals surface area contributed by atoms with Crippen molar-refractivity contribution in [3.05, 3.63) is 145 Å². The highest BCUT2D eigenvalue weighted by atomic mass is 16.3.